The summed E-state index contributed by atoms with van der Waals surface area (Å²) in [6, 6.07) is 15.5. The van der Waals surface area contributed by atoms with E-state index >= 15 is 0 Å². The summed E-state index contributed by atoms with van der Waals surface area (Å²) >= 11 is 0. The van der Waals surface area contributed by atoms with Gasteiger partial charge >= 0.3 is 7.60 Å². The third kappa shape index (κ3) is 20.4. The molecule has 7 heteroatoms. The van der Waals surface area contributed by atoms with Gasteiger partial charge in [0.1, 0.15) is 12.4 Å². The van der Waals surface area contributed by atoms with Crippen molar-refractivity contribution in [1.29, 1.82) is 0 Å². The molecule has 252 valence electrons. The first-order valence-corrected chi connectivity index (χ1v) is 19.4. The van der Waals surface area contributed by atoms with Crippen LogP contribution in [0.5, 0.6) is 5.75 Å². The summed E-state index contributed by atoms with van der Waals surface area (Å²) in [4.78, 5) is 31.8. The first-order chi connectivity index (χ1) is 21.8. The molecule has 45 heavy (non-hydrogen) atoms. The van der Waals surface area contributed by atoms with Crippen molar-refractivity contribution < 1.29 is 23.9 Å². The van der Waals surface area contributed by atoms with Gasteiger partial charge in [-0.2, -0.15) is 0 Å². The normalized spacial score (nSPS) is 12.4. The molecule has 0 aliphatic heterocycles. The quantitative estimate of drug-likeness (QED) is 0.0540. The van der Waals surface area contributed by atoms with Gasteiger partial charge in [0.2, 0.25) is 5.91 Å². The summed E-state index contributed by atoms with van der Waals surface area (Å²) in [6.45, 7) is 4.93. The van der Waals surface area contributed by atoms with Gasteiger partial charge in [0, 0.05) is 12.5 Å². The van der Waals surface area contributed by atoms with Crippen LogP contribution in [-0.2, 0) is 28.8 Å². The molecule has 0 aliphatic rings. The predicted octanol–water partition coefficient (Wildman–Crippen LogP) is 9.85. The van der Waals surface area contributed by atoms with Crippen LogP contribution in [0.4, 0.5) is 0 Å². The highest BCUT2D eigenvalue weighted by Crippen LogP contribution is 2.35. The van der Waals surface area contributed by atoms with Gasteiger partial charge in [0.15, 0.2) is 0 Å². The molecule has 0 unspecified atom stereocenters. The Balaban J connectivity index is 1.67. The van der Waals surface area contributed by atoms with Crippen LogP contribution in [0.1, 0.15) is 133 Å². The topological polar surface area (TPSA) is 95.9 Å². The number of allylic oxidation sites excluding steroid dienone is 2. The van der Waals surface area contributed by atoms with Gasteiger partial charge < -0.3 is 19.8 Å². The Morgan fingerprint density at radius 3 is 1.89 bits per heavy atom. The molecule has 1 amide bonds. The van der Waals surface area contributed by atoms with Gasteiger partial charge in [-0.1, -0.05) is 120 Å². The lowest BCUT2D eigenvalue weighted by atomic mass is 10.1. The third-order valence-electron chi connectivity index (χ3n) is 8.14. The second-order valence-electron chi connectivity index (χ2n) is 12.5. The number of aryl methyl sites for hydroxylation is 1. The maximum absolute atomic E-state index is 12.6. The molecule has 0 fully saturated rings. The molecule has 0 saturated heterocycles. The van der Waals surface area contributed by atoms with Crippen molar-refractivity contribution in [3.63, 3.8) is 0 Å². The van der Waals surface area contributed by atoms with Gasteiger partial charge in [-0.25, -0.2) is 0 Å². The summed E-state index contributed by atoms with van der Waals surface area (Å²) in [5.74, 6) is 0.585. The molecule has 0 heterocycles. The number of unbranched alkanes of at least 4 members (excludes halogenated alkanes) is 12. The van der Waals surface area contributed by atoms with E-state index < -0.39 is 13.6 Å². The van der Waals surface area contributed by atoms with Gasteiger partial charge in [-0.3, -0.25) is 9.36 Å². The maximum atomic E-state index is 12.6. The van der Waals surface area contributed by atoms with Crippen LogP contribution >= 0.6 is 7.60 Å². The van der Waals surface area contributed by atoms with Gasteiger partial charge in [0.05, 0.1) is 6.16 Å². The molecule has 0 bridgehead atoms. The van der Waals surface area contributed by atoms with Crippen molar-refractivity contribution in [2.24, 2.45) is 0 Å². The number of carbonyl (C=O) groups excluding carboxylic acids is 1. The lowest BCUT2D eigenvalue weighted by Crippen LogP contribution is -2.39. The highest BCUT2D eigenvalue weighted by atomic mass is 31.2. The lowest BCUT2D eigenvalue weighted by Gasteiger charge is -2.20. The van der Waals surface area contributed by atoms with Crippen molar-refractivity contribution >= 4 is 13.5 Å². The number of hydrogen-bond donors (Lipinski definition) is 3. The van der Waals surface area contributed by atoms with E-state index in [4.69, 9.17) is 4.74 Å². The molecule has 3 N–H and O–H groups in total. The zero-order valence-corrected chi connectivity index (χ0v) is 29.0. The van der Waals surface area contributed by atoms with E-state index in [1.165, 1.54) is 69.8 Å². The average Bonchev–Trinajstić information content (AvgIpc) is 3.01. The van der Waals surface area contributed by atoms with Crippen molar-refractivity contribution in [3.8, 4) is 5.75 Å². The first-order valence-electron chi connectivity index (χ1n) is 17.6. The van der Waals surface area contributed by atoms with E-state index in [0.717, 1.165) is 55.4 Å². The minimum Gasteiger partial charge on any atom is -0.489 e. The molecule has 0 aromatic heterocycles. The summed E-state index contributed by atoms with van der Waals surface area (Å²) < 4.78 is 17.7. The average molecular weight is 642 g/mol. The second kappa shape index (κ2) is 23.9. The molecule has 0 aliphatic carbocycles. The number of ether oxygens (including phenoxy) is 1. The van der Waals surface area contributed by atoms with Gasteiger partial charge in [-0.05, 0) is 80.2 Å². The van der Waals surface area contributed by atoms with E-state index in [2.05, 4.69) is 55.6 Å². The lowest BCUT2D eigenvalue weighted by molar-refractivity contribution is -0.121. The Kier molecular flexibility index (Phi) is 20.6. The zero-order valence-electron chi connectivity index (χ0n) is 28.1. The van der Waals surface area contributed by atoms with E-state index in [1.54, 1.807) is 0 Å². The molecule has 2 aromatic carbocycles. The minimum atomic E-state index is -4.29. The van der Waals surface area contributed by atoms with Crippen LogP contribution in [0.2, 0.25) is 0 Å². The fraction of sp³-hybridized carbons (Fsp3) is 0.605. The number of nitrogens with one attached hydrogen (secondary N) is 1. The summed E-state index contributed by atoms with van der Waals surface area (Å²) in [6.07, 6.45) is 23.9. The second-order valence-corrected chi connectivity index (χ2v) is 14.2. The smallest absolute Gasteiger partial charge is 0.327 e. The fourth-order valence-electron chi connectivity index (χ4n) is 5.48. The zero-order chi connectivity index (χ0) is 32.6. The minimum absolute atomic E-state index is 0.147. The molecule has 0 saturated carbocycles. The summed E-state index contributed by atoms with van der Waals surface area (Å²) in [7, 11) is -4.29. The summed E-state index contributed by atoms with van der Waals surface area (Å²) in [5.41, 5.74) is 3.35. The van der Waals surface area contributed by atoms with Crippen LogP contribution in [0, 0.1) is 0 Å². The van der Waals surface area contributed by atoms with Crippen LogP contribution < -0.4 is 10.1 Å². The van der Waals surface area contributed by atoms with E-state index in [9.17, 15) is 19.1 Å². The highest BCUT2D eigenvalue weighted by Gasteiger charge is 2.23. The van der Waals surface area contributed by atoms with Crippen LogP contribution in [-0.4, -0.2) is 27.9 Å². The van der Waals surface area contributed by atoms with Crippen LogP contribution in [0.15, 0.2) is 60.7 Å². The number of carbonyl (C=O) groups is 1. The Morgan fingerprint density at radius 2 is 1.27 bits per heavy atom. The molecule has 6 nitrogen and oxygen atoms in total. The van der Waals surface area contributed by atoms with Crippen molar-refractivity contribution in [1.82, 2.24) is 5.32 Å². The molecule has 2 rings (SSSR count). The molecular formula is C38H60NO5P. The van der Waals surface area contributed by atoms with Crippen molar-refractivity contribution in [2.75, 3.05) is 6.16 Å². The number of amides is 1. The van der Waals surface area contributed by atoms with Crippen LogP contribution in [0.3, 0.4) is 0 Å². The molecule has 2 aromatic rings. The molecular weight excluding hydrogens is 581 g/mol. The first kappa shape index (κ1) is 38.8. The van der Waals surface area contributed by atoms with Crippen LogP contribution in [0.25, 0.3) is 0 Å². The molecule has 0 radical (unpaired) electrons. The largest absolute Gasteiger partial charge is 0.489 e. The van der Waals surface area contributed by atoms with Gasteiger partial charge in [0.25, 0.3) is 0 Å². The number of hydrogen-bond acceptors (Lipinski definition) is 3. The predicted molar refractivity (Wildman–Crippen MR) is 188 cm³/mol. The van der Waals surface area contributed by atoms with Crippen molar-refractivity contribution in [3.05, 3.63) is 77.4 Å². The van der Waals surface area contributed by atoms with E-state index in [-0.39, 0.29) is 12.1 Å². The van der Waals surface area contributed by atoms with Crippen molar-refractivity contribution in [2.45, 2.75) is 142 Å². The molecule has 0 spiro atoms. The standard InChI is InChI=1S/C38H60NO5P/c1-3-5-7-8-9-10-11-12-13-14-15-16-17-19-21-38(40)39-36(32-45(41,42)43)30-34-26-28-37(29-27-34)44-31-35-24-22-33(23-25-35)20-18-6-4-2/h11-12,22-29,36H,3-10,13-21,30-32H2,1-2H3,(H,39,40)(H2,41,42,43)/t36-/m0/s1. The Morgan fingerprint density at radius 1 is 0.733 bits per heavy atom. The Hall–Kier alpha value is -2.40. The number of rotatable bonds is 26. The maximum Gasteiger partial charge on any atom is 0.327 e. The Bertz CT molecular complexity index is 1110. The van der Waals surface area contributed by atoms with E-state index in [1.807, 2.05) is 24.3 Å². The molecule has 1 atom stereocenters. The monoisotopic (exact) mass is 641 g/mol. The Labute approximate surface area is 273 Å². The third-order valence-corrected chi connectivity index (χ3v) is 9.06. The SMILES string of the molecule is CCCCCCCC=CCCCCCCCC(=O)N[C@@H](Cc1ccc(OCc2ccc(CCCCC)cc2)cc1)CP(=O)(O)O. The fourth-order valence-corrected chi connectivity index (χ4v) is 6.28. The van der Waals surface area contributed by atoms with Gasteiger partial charge in [-0.15, -0.1) is 0 Å². The van der Waals surface area contributed by atoms with E-state index in [0.29, 0.717) is 19.4 Å². The highest BCUT2D eigenvalue weighted by molar-refractivity contribution is 7.51. The number of benzene rings is 2. The summed E-state index contributed by atoms with van der Waals surface area (Å²) in [5, 5.41) is 2.88.